The Kier molecular flexibility index (Phi) is 3.82. The average Bonchev–Trinajstić information content (AvgIpc) is 2.82. The Morgan fingerprint density at radius 2 is 2.18 bits per heavy atom. The van der Waals surface area contributed by atoms with Crippen LogP contribution in [0.4, 0.5) is 5.69 Å². The van der Waals surface area contributed by atoms with Crippen LogP contribution in [0.3, 0.4) is 0 Å². The quantitative estimate of drug-likeness (QED) is 0.859. The van der Waals surface area contributed by atoms with Gasteiger partial charge in [0.1, 0.15) is 0 Å². The van der Waals surface area contributed by atoms with Crippen LogP contribution in [0.2, 0.25) is 0 Å². The van der Waals surface area contributed by atoms with Gasteiger partial charge in [-0.25, -0.2) is 0 Å². The molecule has 0 radical (unpaired) electrons. The van der Waals surface area contributed by atoms with Gasteiger partial charge in [0, 0.05) is 29.9 Å². The van der Waals surface area contributed by atoms with Gasteiger partial charge in [0.25, 0.3) is 0 Å². The summed E-state index contributed by atoms with van der Waals surface area (Å²) < 4.78 is 0. The zero-order chi connectivity index (χ0) is 10.8. The summed E-state index contributed by atoms with van der Waals surface area (Å²) in [5.74, 6) is 0. The lowest BCUT2D eigenvalue weighted by Gasteiger charge is -2.14. The van der Waals surface area contributed by atoms with Crippen molar-refractivity contribution < 1.29 is 0 Å². The van der Waals surface area contributed by atoms with Gasteiger partial charge in [0.2, 0.25) is 0 Å². The molecule has 1 aliphatic heterocycles. The summed E-state index contributed by atoms with van der Waals surface area (Å²) in [6.07, 6.45) is 3.03. The molecule has 4 heteroatoms. The van der Waals surface area contributed by atoms with Gasteiger partial charge >= 0.3 is 0 Å². The van der Waals surface area contributed by atoms with Gasteiger partial charge in [-0.1, -0.05) is 6.07 Å². The third-order valence-electron chi connectivity index (χ3n) is 3.07. The van der Waals surface area contributed by atoms with E-state index in [1.807, 2.05) is 18.3 Å². The average molecular weight is 250 g/mol. The van der Waals surface area contributed by atoms with E-state index in [2.05, 4.69) is 33.8 Å². The maximum atomic E-state index is 4.36. The van der Waals surface area contributed by atoms with Crippen molar-refractivity contribution in [1.29, 1.82) is 0 Å². The van der Waals surface area contributed by atoms with Crippen LogP contribution < -0.4 is 10.6 Å². The van der Waals surface area contributed by atoms with Gasteiger partial charge in [-0.2, -0.15) is 0 Å². The lowest BCUT2D eigenvalue weighted by molar-refractivity contribution is 0.794. The van der Waals surface area contributed by atoms with Crippen LogP contribution in [0.15, 0.2) is 36.5 Å². The van der Waals surface area contributed by atoms with Crippen molar-refractivity contribution in [3.8, 4) is 0 Å². The number of halogens is 1. The molecule has 0 bridgehead atoms. The van der Waals surface area contributed by atoms with Gasteiger partial charge in [-0.15, -0.1) is 12.4 Å². The van der Waals surface area contributed by atoms with Crippen molar-refractivity contribution in [3.63, 3.8) is 0 Å². The van der Waals surface area contributed by atoms with Crippen LogP contribution in [0.25, 0.3) is 10.9 Å². The number of benzene rings is 1. The molecule has 17 heavy (non-hydrogen) atoms. The van der Waals surface area contributed by atoms with E-state index in [0.717, 1.165) is 18.6 Å². The van der Waals surface area contributed by atoms with E-state index < -0.39 is 0 Å². The third kappa shape index (κ3) is 2.51. The Morgan fingerprint density at radius 1 is 1.24 bits per heavy atom. The molecule has 0 saturated carbocycles. The summed E-state index contributed by atoms with van der Waals surface area (Å²) >= 11 is 0. The first-order chi connectivity index (χ1) is 7.93. The molecular formula is C13H16ClN3. The zero-order valence-electron chi connectivity index (χ0n) is 9.52. The van der Waals surface area contributed by atoms with Gasteiger partial charge in [-0.05, 0) is 37.2 Å². The smallest absolute Gasteiger partial charge is 0.0722 e. The predicted octanol–water partition coefficient (Wildman–Crippen LogP) is 2.43. The van der Waals surface area contributed by atoms with E-state index >= 15 is 0 Å². The van der Waals surface area contributed by atoms with E-state index in [0.29, 0.717) is 6.04 Å². The molecule has 1 saturated heterocycles. The Labute approximate surface area is 107 Å². The highest BCUT2D eigenvalue weighted by atomic mass is 35.5. The number of nitrogens with one attached hydrogen (secondary N) is 2. The van der Waals surface area contributed by atoms with Crippen LogP contribution in [0, 0.1) is 0 Å². The number of hydrogen-bond donors (Lipinski definition) is 2. The molecule has 0 amide bonds. The highest BCUT2D eigenvalue weighted by Crippen LogP contribution is 2.22. The fourth-order valence-electron chi connectivity index (χ4n) is 2.23. The van der Waals surface area contributed by atoms with E-state index in [1.165, 1.54) is 17.5 Å². The van der Waals surface area contributed by atoms with Crippen LogP contribution in [-0.4, -0.2) is 24.1 Å². The maximum absolute atomic E-state index is 4.36. The summed E-state index contributed by atoms with van der Waals surface area (Å²) in [5.41, 5.74) is 2.25. The van der Waals surface area contributed by atoms with Crippen molar-refractivity contribution in [1.82, 2.24) is 10.3 Å². The zero-order valence-corrected chi connectivity index (χ0v) is 10.3. The molecule has 1 aliphatic rings. The topological polar surface area (TPSA) is 37.0 Å². The Balaban J connectivity index is 0.00000108. The molecule has 0 spiro atoms. The Morgan fingerprint density at radius 3 is 3.00 bits per heavy atom. The monoisotopic (exact) mass is 249 g/mol. The van der Waals surface area contributed by atoms with Gasteiger partial charge in [0.05, 0.1) is 5.52 Å². The molecular weight excluding hydrogens is 234 g/mol. The van der Waals surface area contributed by atoms with E-state index in [1.54, 1.807) is 0 Å². The first kappa shape index (κ1) is 12.1. The number of nitrogens with zero attached hydrogens (tertiary/aromatic N) is 1. The minimum Gasteiger partial charge on any atom is -0.380 e. The van der Waals surface area contributed by atoms with Crippen LogP contribution in [0.1, 0.15) is 6.42 Å². The minimum atomic E-state index is 0. The Bertz CT molecular complexity index is 489. The van der Waals surface area contributed by atoms with Gasteiger partial charge < -0.3 is 10.6 Å². The molecule has 1 aromatic heterocycles. The van der Waals surface area contributed by atoms with E-state index in [4.69, 9.17) is 0 Å². The van der Waals surface area contributed by atoms with E-state index in [9.17, 15) is 0 Å². The lowest BCUT2D eigenvalue weighted by Crippen LogP contribution is -2.22. The highest BCUT2D eigenvalue weighted by molar-refractivity contribution is 5.91. The number of rotatable bonds is 2. The number of pyridine rings is 1. The van der Waals surface area contributed by atoms with Crippen LogP contribution >= 0.6 is 12.4 Å². The second-order valence-corrected chi connectivity index (χ2v) is 4.21. The minimum absolute atomic E-state index is 0. The number of fused-ring (bicyclic) bond motifs is 1. The van der Waals surface area contributed by atoms with Crippen LogP contribution in [-0.2, 0) is 0 Å². The van der Waals surface area contributed by atoms with Crippen molar-refractivity contribution >= 4 is 29.0 Å². The van der Waals surface area contributed by atoms with Crippen LogP contribution in [0.5, 0.6) is 0 Å². The summed E-state index contributed by atoms with van der Waals surface area (Å²) in [4.78, 5) is 4.36. The Hall–Kier alpha value is -1.32. The van der Waals surface area contributed by atoms with Crippen molar-refractivity contribution in [2.75, 3.05) is 18.4 Å². The summed E-state index contributed by atoms with van der Waals surface area (Å²) in [7, 11) is 0. The highest BCUT2D eigenvalue weighted by Gasteiger charge is 2.14. The van der Waals surface area contributed by atoms with Crippen molar-refractivity contribution in [2.24, 2.45) is 0 Å². The predicted molar refractivity (Wildman–Crippen MR) is 73.9 cm³/mol. The molecule has 1 fully saturated rings. The molecule has 3 rings (SSSR count). The summed E-state index contributed by atoms with van der Waals surface area (Å²) in [5, 5.41) is 8.15. The fraction of sp³-hybridized carbons (Fsp3) is 0.308. The maximum Gasteiger partial charge on any atom is 0.0722 e. The molecule has 2 aromatic rings. The normalized spacial score (nSPS) is 18.9. The number of hydrogen-bond acceptors (Lipinski definition) is 3. The second-order valence-electron chi connectivity index (χ2n) is 4.21. The molecule has 1 atom stereocenters. The summed E-state index contributed by atoms with van der Waals surface area (Å²) in [6, 6.07) is 10.9. The molecule has 1 unspecified atom stereocenters. The van der Waals surface area contributed by atoms with Crippen molar-refractivity contribution in [2.45, 2.75) is 12.5 Å². The largest absolute Gasteiger partial charge is 0.380 e. The third-order valence-corrected chi connectivity index (χ3v) is 3.07. The molecule has 0 aliphatic carbocycles. The SMILES string of the molecule is Cl.c1cc(NC2CCNC2)c2cccnc2c1. The number of anilines is 1. The fourth-order valence-corrected chi connectivity index (χ4v) is 2.23. The molecule has 3 nitrogen and oxygen atoms in total. The van der Waals surface area contributed by atoms with Crippen molar-refractivity contribution in [3.05, 3.63) is 36.5 Å². The summed E-state index contributed by atoms with van der Waals surface area (Å²) in [6.45, 7) is 2.16. The molecule has 90 valence electrons. The first-order valence-electron chi connectivity index (χ1n) is 5.74. The first-order valence-corrected chi connectivity index (χ1v) is 5.74. The second kappa shape index (κ2) is 5.34. The standard InChI is InChI=1S/C13H15N3.ClH/c1-4-12-11(3-2-7-15-12)13(5-1)16-10-6-8-14-9-10;/h1-5,7,10,14,16H,6,8-9H2;1H. The van der Waals surface area contributed by atoms with Gasteiger partial charge in [0.15, 0.2) is 0 Å². The van der Waals surface area contributed by atoms with Gasteiger partial charge in [-0.3, -0.25) is 4.98 Å². The van der Waals surface area contributed by atoms with E-state index in [-0.39, 0.29) is 12.4 Å². The lowest BCUT2D eigenvalue weighted by atomic mass is 10.1. The molecule has 2 heterocycles. The molecule has 1 aromatic carbocycles. The number of aromatic nitrogens is 1. The molecule has 2 N–H and O–H groups in total.